The van der Waals surface area contributed by atoms with Gasteiger partial charge in [-0.05, 0) is 43.4 Å². The van der Waals surface area contributed by atoms with Gasteiger partial charge in [0.1, 0.15) is 0 Å². The molecule has 134 valence electrons. The van der Waals surface area contributed by atoms with E-state index in [4.69, 9.17) is 21.7 Å². The van der Waals surface area contributed by atoms with E-state index in [0.29, 0.717) is 20.3 Å². The third-order valence-electron chi connectivity index (χ3n) is 4.57. The lowest BCUT2D eigenvalue weighted by molar-refractivity contribution is 0.174. The normalized spacial score (nSPS) is 15.9. The van der Waals surface area contributed by atoms with Crippen molar-refractivity contribution < 1.29 is 14.6 Å². The topological polar surface area (TPSA) is 56.0 Å². The summed E-state index contributed by atoms with van der Waals surface area (Å²) in [4.78, 5) is 5.29. The van der Waals surface area contributed by atoms with Gasteiger partial charge in [0.05, 0.1) is 16.3 Å². The molecule has 5 rings (SSSR count). The summed E-state index contributed by atoms with van der Waals surface area (Å²) in [5.74, 6) is 1.44. The minimum absolute atomic E-state index is 0.105. The maximum Gasteiger partial charge on any atom is 0.231 e. The van der Waals surface area contributed by atoms with Gasteiger partial charge in [-0.25, -0.2) is 0 Å². The molecule has 0 fully saturated rings. The molecule has 7 heteroatoms. The van der Waals surface area contributed by atoms with E-state index in [0.717, 1.165) is 28.2 Å². The number of fused-ring (bicyclic) bond motifs is 2. The standard InChI is InChI=1S/C20H14N2O3S2/c1-11-14(13-4-2-3-5-15(13)21-11)9-18-19(23)22(20(26)27-18)12-6-7-16-17(8-12)25-10-24-16/h2-9,23H,10H2,1H3. The molecule has 1 N–H and O–H groups in total. The molecule has 0 aliphatic carbocycles. The first-order valence-electron chi connectivity index (χ1n) is 8.33. The number of aromatic hydroxyl groups is 1. The molecular weight excluding hydrogens is 380 g/mol. The van der Waals surface area contributed by atoms with E-state index in [1.807, 2.05) is 55.5 Å². The molecule has 3 aromatic rings. The van der Waals surface area contributed by atoms with Gasteiger partial charge >= 0.3 is 0 Å². The van der Waals surface area contributed by atoms with E-state index in [-0.39, 0.29) is 12.7 Å². The van der Waals surface area contributed by atoms with Crippen molar-refractivity contribution in [3.63, 3.8) is 0 Å². The summed E-state index contributed by atoms with van der Waals surface area (Å²) in [7, 11) is 0. The van der Waals surface area contributed by atoms with E-state index in [9.17, 15) is 5.11 Å². The third-order valence-corrected chi connectivity index (χ3v) is 5.88. The average Bonchev–Trinajstić information content (AvgIpc) is 3.32. The highest BCUT2D eigenvalue weighted by molar-refractivity contribution is 7.73. The Hall–Kier alpha value is -2.90. The number of ether oxygens (including phenoxy) is 2. The molecule has 2 aromatic carbocycles. The van der Waals surface area contributed by atoms with Gasteiger partial charge in [0.25, 0.3) is 0 Å². The SMILES string of the molecule is CC1=Nc2ccccc2C1=Cc1sc(=S)n(-c2ccc3c(c2)OCO3)c1O. The summed E-state index contributed by atoms with van der Waals surface area (Å²) in [5.41, 5.74) is 4.65. The minimum Gasteiger partial charge on any atom is -0.493 e. The predicted octanol–water partition coefficient (Wildman–Crippen LogP) is 5.35. The van der Waals surface area contributed by atoms with Crippen LogP contribution in [0.2, 0.25) is 0 Å². The van der Waals surface area contributed by atoms with Crippen molar-refractivity contribution in [3.8, 4) is 23.1 Å². The van der Waals surface area contributed by atoms with Gasteiger partial charge in [-0.3, -0.25) is 9.56 Å². The lowest BCUT2D eigenvalue weighted by Gasteiger charge is -2.06. The summed E-state index contributed by atoms with van der Waals surface area (Å²) in [6.07, 6.45) is 1.95. The number of hydrogen-bond acceptors (Lipinski definition) is 6. The Balaban J connectivity index is 1.62. The molecule has 0 saturated carbocycles. The van der Waals surface area contributed by atoms with Crippen LogP contribution in [0, 0.1) is 3.95 Å². The highest BCUT2D eigenvalue weighted by Gasteiger charge is 2.21. The molecule has 2 aliphatic rings. The summed E-state index contributed by atoms with van der Waals surface area (Å²) in [6.45, 7) is 2.17. The number of thiazole rings is 1. The number of aromatic nitrogens is 1. The molecule has 0 bridgehead atoms. The van der Waals surface area contributed by atoms with Crippen molar-refractivity contribution in [1.29, 1.82) is 0 Å². The first-order valence-corrected chi connectivity index (χ1v) is 9.56. The number of allylic oxidation sites excluding steroid dienone is 1. The second-order valence-corrected chi connectivity index (χ2v) is 7.88. The van der Waals surface area contributed by atoms with Crippen molar-refractivity contribution in [3.05, 3.63) is 56.9 Å². The van der Waals surface area contributed by atoms with Crippen LogP contribution < -0.4 is 9.47 Å². The fourth-order valence-electron chi connectivity index (χ4n) is 3.28. The second-order valence-electron chi connectivity index (χ2n) is 6.20. The largest absolute Gasteiger partial charge is 0.493 e. The van der Waals surface area contributed by atoms with Gasteiger partial charge in [-0.15, -0.1) is 11.3 Å². The van der Waals surface area contributed by atoms with Gasteiger partial charge in [0.15, 0.2) is 15.5 Å². The molecule has 5 nitrogen and oxygen atoms in total. The molecule has 0 spiro atoms. The molecule has 0 atom stereocenters. The fourth-order valence-corrected chi connectivity index (χ4v) is 4.57. The maximum atomic E-state index is 10.9. The second kappa shape index (κ2) is 6.07. The zero-order valence-corrected chi connectivity index (χ0v) is 15.9. The van der Waals surface area contributed by atoms with Crippen molar-refractivity contribution in [2.45, 2.75) is 6.92 Å². The molecule has 0 amide bonds. The van der Waals surface area contributed by atoms with Crippen LogP contribution in [0.4, 0.5) is 5.69 Å². The summed E-state index contributed by atoms with van der Waals surface area (Å²) in [5, 5.41) is 10.9. The number of para-hydroxylation sites is 1. The lowest BCUT2D eigenvalue weighted by atomic mass is 10.0. The maximum absolute atomic E-state index is 10.9. The van der Waals surface area contributed by atoms with E-state index in [2.05, 4.69) is 4.99 Å². The van der Waals surface area contributed by atoms with Crippen LogP contribution in [0.3, 0.4) is 0 Å². The molecule has 0 radical (unpaired) electrons. The van der Waals surface area contributed by atoms with Crippen molar-refractivity contribution in [2.24, 2.45) is 4.99 Å². The zero-order chi connectivity index (χ0) is 18.5. The number of hydrogen-bond donors (Lipinski definition) is 1. The smallest absolute Gasteiger partial charge is 0.231 e. The summed E-state index contributed by atoms with van der Waals surface area (Å²) >= 11 is 6.87. The molecule has 0 saturated heterocycles. The number of rotatable bonds is 2. The first-order chi connectivity index (χ1) is 13.1. The Labute approximate surface area is 164 Å². The van der Waals surface area contributed by atoms with Crippen LogP contribution in [0.25, 0.3) is 17.3 Å². The van der Waals surface area contributed by atoms with Gasteiger partial charge in [-0.2, -0.15) is 0 Å². The Morgan fingerprint density at radius 2 is 2.00 bits per heavy atom. The van der Waals surface area contributed by atoms with E-state index in [1.165, 1.54) is 11.3 Å². The average molecular weight is 394 g/mol. The molecule has 2 aliphatic heterocycles. The number of benzene rings is 2. The molecule has 3 heterocycles. The highest BCUT2D eigenvalue weighted by atomic mass is 32.1. The Morgan fingerprint density at radius 3 is 2.89 bits per heavy atom. The van der Waals surface area contributed by atoms with Crippen LogP contribution >= 0.6 is 23.6 Å². The third kappa shape index (κ3) is 2.58. The zero-order valence-electron chi connectivity index (χ0n) is 14.3. The number of aliphatic imine (C=N–C) groups is 1. The molecular formula is C20H14N2O3S2. The summed E-state index contributed by atoms with van der Waals surface area (Å²) < 4.78 is 13.0. The molecule has 0 unspecified atom stereocenters. The van der Waals surface area contributed by atoms with Gasteiger partial charge in [-0.1, -0.05) is 18.2 Å². The lowest BCUT2D eigenvalue weighted by Crippen LogP contribution is -1.94. The summed E-state index contributed by atoms with van der Waals surface area (Å²) in [6, 6.07) is 13.5. The van der Waals surface area contributed by atoms with E-state index >= 15 is 0 Å². The van der Waals surface area contributed by atoms with Crippen molar-refractivity contribution in [2.75, 3.05) is 6.79 Å². The quantitative estimate of drug-likeness (QED) is 0.596. The minimum atomic E-state index is 0.105. The van der Waals surface area contributed by atoms with Gasteiger partial charge in [0, 0.05) is 22.9 Å². The first kappa shape index (κ1) is 16.3. The fraction of sp³-hybridized carbons (Fsp3) is 0.100. The highest BCUT2D eigenvalue weighted by Crippen LogP contribution is 2.40. The molecule has 1 aromatic heterocycles. The van der Waals surface area contributed by atoms with Crippen LogP contribution in [0.1, 0.15) is 17.4 Å². The monoisotopic (exact) mass is 394 g/mol. The van der Waals surface area contributed by atoms with Gasteiger partial charge in [0.2, 0.25) is 12.7 Å². The van der Waals surface area contributed by atoms with Crippen LogP contribution in [-0.4, -0.2) is 22.2 Å². The Bertz CT molecular complexity index is 1200. The molecule has 27 heavy (non-hydrogen) atoms. The Morgan fingerprint density at radius 1 is 1.19 bits per heavy atom. The number of nitrogens with zero attached hydrogens (tertiary/aromatic N) is 2. The van der Waals surface area contributed by atoms with Crippen LogP contribution in [0.15, 0.2) is 47.5 Å². The van der Waals surface area contributed by atoms with Crippen molar-refractivity contribution in [1.82, 2.24) is 4.57 Å². The Kier molecular flexibility index (Phi) is 3.66. The van der Waals surface area contributed by atoms with Crippen LogP contribution in [-0.2, 0) is 0 Å². The van der Waals surface area contributed by atoms with Gasteiger partial charge < -0.3 is 14.6 Å². The van der Waals surface area contributed by atoms with Crippen molar-refractivity contribution >= 4 is 46.6 Å². The van der Waals surface area contributed by atoms with E-state index < -0.39 is 0 Å². The van der Waals surface area contributed by atoms with Crippen LogP contribution in [0.5, 0.6) is 17.4 Å². The predicted molar refractivity (Wildman–Crippen MR) is 109 cm³/mol. The van der Waals surface area contributed by atoms with E-state index in [1.54, 1.807) is 4.57 Å².